The van der Waals surface area contributed by atoms with Gasteiger partial charge in [-0.15, -0.1) is 0 Å². The van der Waals surface area contributed by atoms with E-state index in [4.69, 9.17) is 18.9 Å². The third kappa shape index (κ3) is 6.25. The first-order chi connectivity index (χ1) is 15.8. The SMILES string of the molecule is CCCCCOc1c(Br)cc(-c2c(C(=O)OCC)c(C)nc(C)c2C(=O)OCC)cc1OC. The predicted molar refractivity (Wildman–Crippen MR) is 130 cm³/mol. The maximum absolute atomic E-state index is 12.9. The zero-order chi connectivity index (χ0) is 24.5. The number of esters is 2. The van der Waals surface area contributed by atoms with Crippen LogP contribution in [0.1, 0.15) is 72.1 Å². The lowest BCUT2D eigenvalue weighted by molar-refractivity contribution is 0.0525. The first-order valence-electron chi connectivity index (χ1n) is 11.2. The van der Waals surface area contributed by atoms with E-state index in [1.165, 1.54) is 0 Å². The van der Waals surface area contributed by atoms with Crippen LogP contribution in [0.2, 0.25) is 0 Å². The number of hydrogen-bond donors (Lipinski definition) is 0. The van der Waals surface area contributed by atoms with Gasteiger partial charge in [-0.2, -0.15) is 0 Å². The zero-order valence-corrected chi connectivity index (χ0v) is 21.8. The Morgan fingerprint density at radius 1 is 0.939 bits per heavy atom. The van der Waals surface area contributed by atoms with Crippen LogP contribution in [0.5, 0.6) is 11.5 Å². The van der Waals surface area contributed by atoms with Crippen molar-refractivity contribution < 1.29 is 28.5 Å². The van der Waals surface area contributed by atoms with Crippen LogP contribution in [0.25, 0.3) is 11.1 Å². The molecule has 7 nitrogen and oxygen atoms in total. The number of carbonyl (C=O) groups excluding carboxylic acids is 2. The van der Waals surface area contributed by atoms with Gasteiger partial charge in [-0.25, -0.2) is 9.59 Å². The molecule has 0 N–H and O–H groups in total. The molecule has 180 valence electrons. The summed E-state index contributed by atoms with van der Waals surface area (Å²) in [7, 11) is 1.55. The lowest BCUT2D eigenvalue weighted by Gasteiger charge is -2.20. The Kier molecular flexibility index (Phi) is 10.2. The van der Waals surface area contributed by atoms with Crippen molar-refractivity contribution in [3.63, 3.8) is 0 Å². The summed E-state index contributed by atoms with van der Waals surface area (Å²) in [5, 5.41) is 0. The van der Waals surface area contributed by atoms with Gasteiger partial charge in [0.25, 0.3) is 0 Å². The van der Waals surface area contributed by atoms with Gasteiger partial charge in [0, 0.05) is 5.56 Å². The van der Waals surface area contributed by atoms with Crippen LogP contribution in [0.3, 0.4) is 0 Å². The molecule has 0 aliphatic heterocycles. The summed E-state index contributed by atoms with van der Waals surface area (Å²) >= 11 is 3.57. The van der Waals surface area contributed by atoms with Crippen LogP contribution < -0.4 is 9.47 Å². The number of methoxy groups -OCH3 is 1. The molecule has 0 bridgehead atoms. The number of ether oxygens (including phenoxy) is 4. The number of hydrogen-bond acceptors (Lipinski definition) is 7. The number of carbonyl (C=O) groups is 2. The third-order valence-electron chi connectivity index (χ3n) is 5.03. The van der Waals surface area contributed by atoms with Crippen LogP contribution >= 0.6 is 15.9 Å². The number of pyridine rings is 1. The second kappa shape index (κ2) is 12.6. The zero-order valence-electron chi connectivity index (χ0n) is 20.2. The van der Waals surface area contributed by atoms with E-state index < -0.39 is 11.9 Å². The second-order valence-corrected chi connectivity index (χ2v) is 8.25. The molecule has 2 rings (SSSR count). The van der Waals surface area contributed by atoms with E-state index >= 15 is 0 Å². The molecule has 0 aliphatic carbocycles. The first kappa shape index (κ1) is 26.6. The van der Waals surface area contributed by atoms with E-state index in [1.807, 2.05) is 0 Å². The average Bonchev–Trinajstić information content (AvgIpc) is 2.76. The molecule has 1 aromatic carbocycles. The van der Waals surface area contributed by atoms with E-state index in [0.717, 1.165) is 19.3 Å². The third-order valence-corrected chi connectivity index (χ3v) is 5.62. The molecule has 0 saturated heterocycles. The van der Waals surface area contributed by atoms with Crippen molar-refractivity contribution in [1.29, 1.82) is 0 Å². The van der Waals surface area contributed by atoms with E-state index in [9.17, 15) is 9.59 Å². The molecular weight excluding hydrogens is 490 g/mol. The number of halogens is 1. The highest BCUT2D eigenvalue weighted by atomic mass is 79.9. The first-order valence-corrected chi connectivity index (χ1v) is 12.0. The molecule has 0 aliphatic rings. The van der Waals surface area contributed by atoms with Crippen LogP contribution in [0.4, 0.5) is 0 Å². The van der Waals surface area contributed by atoms with Crippen molar-refractivity contribution in [2.75, 3.05) is 26.9 Å². The Hall–Kier alpha value is -2.61. The Morgan fingerprint density at radius 3 is 2.00 bits per heavy atom. The number of benzene rings is 1. The number of nitrogens with zero attached hydrogens (tertiary/aromatic N) is 1. The summed E-state index contributed by atoms with van der Waals surface area (Å²) in [5.74, 6) is -0.0705. The minimum absolute atomic E-state index is 0.192. The fraction of sp³-hybridized carbons (Fsp3) is 0.480. The monoisotopic (exact) mass is 521 g/mol. The van der Waals surface area contributed by atoms with Crippen LogP contribution in [0, 0.1) is 13.8 Å². The average molecular weight is 522 g/mol. The highest BCUT2D eigenvalue weighted by Gasteiger charge is 2.29. The molecule has 0 atom stereocenters. The molecular formula is C25H32BrNO6. The molecule has 0 amide bonds. The molecule has 1 heterocycles. The molecule has 0 radical (unpaired) electrons. The van der Waals surface area contributed by atoms with Crippen molar-refractivity contribution in [2.24, 2.45) is 0 Å². The van der Waals surface area contributed by atoms with Gasteiger partial charge in [0.1, 0.15) is 0 Å². The van der Waals surface area contributed by atoms with E-state index in [0.29, 0.717) is 45.1 Å². The highest BCUT2D eigenvalue weighted by Crippen LogP contribution is 2.42. The fourth-order valence-corrected chi connectivity index (χ4v) is 4.13. The molecule has 1 aromatic heterocycles. The summed E-state index contributed by atoms with van der Waals surface area (Å²) < 4.78 is 22.8. The minimum Gasteiger partial charge on any atom is -0.493 e. The van der Waals surface area contributed by atoms with Gasteiger partial charge in [-0.3, -0.25) is 4.98 Å². The lowest BCUT2D eigenvalue weighted by atomic mass is 9.92. The second-order valence-electron chi connectivity index (χ2n) is 7.39. The standard InChI is InChI=1S/C25H32BrNO6/c1-7-10-11-12-33-23-18(26)13-17(14-19(23)30-6)22-20(24(28)31-8-2)15(4)27-16(5)21(22)25(29)32-9-3/h13-14H,7-12H2,1-6H3. The minimum atomic E-state index is -0.557. The smallest absolute Gasteiger partial charge is 0.340 e. The molecule has 33 heavy (non-hydrogen) atoms. The van der Waals surface area contributed by atoms with Gasteiger partial charge in [0.15, 0.2) is 11.5 Å². The summed E-state index contributed by atoms with van der Waals surface area (Å²) in [4.78, 5) is 30.3. The molecule has 0 unspecified atom stereocenters. The van der Waals surface area contributed by atoms with Crippen LogP contribution in [-0.2, 0) is 9.47 Å². The van der Waals surface area contributed by atoms with E-state index in [-0.39, 0.29) is 24.3 Å². The van der Waals surface area contributed by atoms with Gasteiger partial charge in [0.05, 0.1) is 53.9 Å². The molecule has 8 heteroatoms. The Balaban J connectivity index is 2.76. The number of rotatable bonds is 11. The van der Waals surface area contributed by atoms with Crippen LogP contribution in [0.15, 0.2) is 16.6 Å². The molecule has 0 fully saturated rings. The van der Waals surface area contributed by atoms with Crippen LogP contribution in [-0.4, -0.2) is 43.9 Å². The fourth-order valence-electron chi connectivity index (χ4n) is 3.58. The topological polar surface area (TPSA) is 84.0 Å². The Labute approximate surface area is 203 Å². The number of unbranched alkanes of at least 4 members (excludes halogenated alkanes) is 2. The highest BCUT2D eigenvalue weighted by molar-refractivity contribution is 9.10. The maximum atomic E-state index is 12.9. The Bertz CT molecular complexity index is 963. The summed E-state index contributed by atoms with van der Waals surface area (Å²) in [6, 6.07) is 3.55. The van der Waals surface area contributed by atoms with Gasteiger partial charge in [0.2, 0.25) is 0 Å². The van der Waals surface area contributed by atoms with Crippen molar-refractivity contribution in [1.82, 2.24) is 4.98 Å². The summed E-state index contributed by atoms with van der Waals surface area (Å²) in [5.41, 5.74) is 2.34. The molecule has 0 saturated carbocycles. The Morgan fingerprint density at radius 2 is 1.52 bits per heavy atom. The maximum Gasteiger partial charge on any atom is 0.340 e. The molecule has 2 aromatic rings. The lowest BCUT2D eigenvalue weighted by Crippen LogP contribution is -2.17. The number of aryl methyl sites for hydroxylation is 2. The van der Waals surface area contributed by atoms with Gasteiger partial charge < -0.3 is 18.9 Å². The van der Waals surface area contributed by atoms with Gasteiger partial charge >= 0.3 is 11.9 Å². The summed E-state index contributed by atoms with van der Waals surface area (Å²) in [6.07, 6.45) is 3.09. The predicted octanol–water partition coefficient (Wildman–Crippen LogP) is 6.06. The van der Waals surface area contributed by atoms with Gasteiger partial charge in [-0.05, 0) is 67.7 Å². The normalized spacial score (nSPS) is 10.6. The quantitative estimate of drug-likeness (QED) is 0.262. The molecule has 0 spiro atoms. The van der Waals surface area contributed by atoms with Crippen molar-refractivity contribution in [2.45, 2.75) is 53.9 Å². The number of aromatic nitrogens is 1. The van der Waals surface area contributed by atoms with Crippen molar-refractivity contribution >= 4 is 27.9 Å². The van der Waals surface area contributed by atoms with Crippen molar-refractivity contribution in [3.05, 3.63) is 39.1 Å². The van der Waals surface area contributed by atoms with Gasteiger partial charge in [-0.1, -0.05) is 19.8 Å². The van der Waals surface area contributed by atoms with E-state index in [2.05, 4.69) is 27.8 Å². The van der Waals surface area contributed by atoms with E-state index in [1.54, 1.807) is 46.9 Å². The van der Waals surface area contributed by atoms with Crippen molar-refractivity contribution in [3.8, 4) is 22.6 Å². The largest absolute Gasteiger partial charge is 0.493 e. The summed E-state index contributed by atoms with van der Waals surface area (Å²) in [6.45, 7) is 9.96.